The van der Waals surface area contributed by atoms with Crippen molar-refractivity contribution in [1.82, 2.24) is 4.98 Å². The van der Waals surface area contributed by atoms with Gasteiger partial charge in [-0.15, -0.1) is 0 Å². The standard InChI is InChI=1S/C22H20N2O5/c1-3-28-22(26)18-16(12-7-6-8-13(11-12)27-2)17-19(29-20(18)23)14-9-4-5-10-15(14)24-21(17)25/h4-11,16H,3,23H2,1-2H3,(H,24,25). The van der Waals surface area contributed by atoms with Crippen molar-refractivity contribution in [3.8, 4) is 11.5 Å². The van der Waals surface area contributed by atoms with E-state index >= 15 is 0 Å². The highest BCUT2D eigenvalue weighted by molar-refractivity contribution is 5.95. The molecule has 2 heterocycles. The number of H-pyrrole nitrogens is 1. The zero-order valence-electron chi connectivity index (χ0n) is 16.0. The van der Waals surface area contributed by atoms with Gasteiger partial charge >= 0.3 is 5.97 Å². The summed E-state index contributed by atoms with van der Waals surface area (Å²) in [6.45, 7) is 1.87. The molecule has 0 aliphatic carbocycles. The van der Waals surface area contributed by atoms with Crippen LogP contribution >= 0.6 is 0 Å². The van der Waals surface area contributed by atoms with E-state index < -0.39 is 11.9 Å². The molecule has 7 nitrogen and oxygen atoms in total. The van der Waals surface area contributed by atoms with Crippen LogP contribution in [0.5, 0.6) is 11.5 Å². The van der Waals surface area contributed by atoms with Crippen molar-refractivity contribution in [2.75, 3.05) is 13.7 Å². The summed E-state index contributed by atoms with van der Waals surface area (Å²) >= 11 is 0. The molecule has 0 radical (unpaired) electrons. The Kier molecular flexibility index (Phi) is 4.72. The van der Waals surface area contributed by atoms with Gasteiger partial charge in [0.1, 0.15) is 17.1 Å². The Labute approximate surface area is 166 Å². The average molecular weight is 392 g/mol. The topological polar surface area (TPSA) is 104 Å². The second kappa shape index (κ2) is 7.35. The molecule has 3 aromatic rings. The second-order valence-corrected chi connectivity index (χ2v) is 6.55. The first-order chi connectivity index (χ1) is 14.0. The molecule has 1 atom stereocenters. The number of carbonyl (C=O) groups excluding carboxylic acids is 1. The van der Waals surface area contributed by atoms with Gasteiger partial charge in [0.05, 0.1) is 30.7 Å². The van der Waals surface area contributed by atoms with Crippen LogP contribution in [0.4, 0.5) is 0 Å². The van der Waals surface area contributed by atoms with Gasteiger partial charge in [0.25, 0.3) is 5.56 Å². The Bertz CT molecular complexity index is 1200. The smallest absolute Gasteiger partial charge is 0.340 e. The van der Waals surface area contributed by atoms with Gasteiger partial charge in [-0.3, -0.25) is 4.79 Å². The highest BCUT2D eigenvalue weighted by Crippen LogP contribution is 2.44. The first-order valence-electron chi connectivity index (χ1n) is 9.18. The van der Waals surface area contributed by atoms with E-state index in [0.29, 0.717) is 33.5 Å². The van der Waals surface area contributed by atoms with E-state index in [9.17, 15) is 9.59 Å². The van der Waals surface area contributed by atoms with Gasteiger partial charge in [0.15, 0.2) is 0 Å². The number of ether oxygens (including phenoxy) is 3. The molecule has 0 spiro atoms. The lowest BCUT2D eigenvalue weighted by Gasteiger charge is -2.28. The van der Waals surface area contributed by atoms with Gasteiger partial charge in [-0.1, -0.05) is 24.3 Å². The first-order valence-corrected chi connectivity index (χ1v) is 9.18. The Morgan fingerprint density at radius 2 is 2.00 bits per heavy atom. The lowest BCUT2D eigenvalue weighted by molar-refractivity contribution is -0.139. The summed E-state index contributed by atoms with van der Waals surface area (Å²) in [5.74, 6) is -0.547. The minimum Gasteiger partial charge on any atom is -0.497 e. The van der Waals surface area contributed by atoms with E-state index in [2.05, 4.69) is 4.98 Å². The van der Waals surface area contributed by atoms with Crippen LogP contribution in [0.1, 0.15) is 24.0 Å². The second-order valence-electron chi connectivity index (χ2n) is 6.55. The number of methoxy groups -OCH3 is 1. The van der Waals surface area contributed by atoms with E-state index in [1.165, 1.54) is 0 Å². The third kappa shape index (κ3) is 3.10. The molecular weight excluding hydrogens is 372 g/mol. The lowest BCUT2D eigenvalue weighted by atomic mass is 9.83. The van der Waals surface area contributed by atoms with E-state index in [1.54, 1.807) is 38.3 Å². The Hall–Kier alpha value is -3.74. The molecule has 0 saturated carbocycles. The molecule has 148 valence electrons. The number of benzene rings is 2. The molecule has 1 aliphatic rings. The number of para-hydroxylation sites is 1. The molecule has 0 bridgehead atoms. The van der Waals surface area contributed by atoms with E-state index in [1.807, 2.05) is 24.3 Å². The summed E-state index contributed by atoms with van der Waals surface area (Å²) in [6, 6.07) is 14.4. The number of hydrogen-bond donors (Lipinski definition) is 2. The highest BCUT2D eigenvalue weighted by atomic mass is 16.5. The summed E-state index contributed by atoms with van der Waals surface area (Å²) in [4.78, 5) is 28.7. The summed E-state index contributed by atoms with van der Waals surface area (Å²) in [5, 5.41) is 0.695. The van der Waals surface area contributed by atoms with Gasteiger partial charge in [-0.2, -0.15) is 0 Å². The van der Waals surface area contributed by atoms with Crippen LogP contribution in [0, 0.1) is 0 Å². The van der Waals surface area contributed by atoms with Crippen LogP contribution in [0.3, 0.4) is 0 Å². The van der Waals surface area contributed by atoms with Crippen molar-refractivity contribution in [1.29, 1.82) is 0 Å². The fourth-order valence-electron chi connectivity index (χ4n) is 3.63. The molecule has 4 rings (SSSR count). The van der Waals surface area contributed by atoms with Crippen LogP contribution in [0.25, 0.3) is 10.9 Å². The highest BCUT2D eigenvalue weighted by Gasteiger charge is 2.38. The fourth-order valence-corrected chi connectivity index (χ4v) is 3.63. The molecule has 29 heavy (non-hydrogen) atoms. The Morgan fingerprint density at radius 1 is 1.21 bits per heavy atom. The van der Waals surface area contributed by atoms with Gasteiger partial charge in [-0.25, -0.2) is 4.79 Å². The quantitative estimate of drug-likeness (QED) is 0.662. The molecule has 0 fully saturated rings. The first kappa shape index (κ1) is 18.6. The maximum Gasteiger partial charge on any atom is 0.340 e. The maximum absolute atomic E-state index is 13.1. The molecule has 1 aliphatic heterocycles. The monoisotopic (exact) mass is 392 g/mol. The van der Waals surface area contributed by atoms with E-state index in [0.717, 1.165) is 0 Å². The Morgan fingerprint density at radius 3 is 2.76 bits per heavy atom. The number of fused-ring (bicyclic) bond motifs is 3. The number of aromatic amines is 1. The number of hydrogen-bond acceptors (Lipinski definition) is 6. The third-order valence-electron chi connectivity index (χ3n) is 4.89. The number of rotatable bonds is 4. The normalized spacial score (nSPS) is 15.6. The minimum absolute atomic E-state index is 0.0838. The van der Waals surface area contributed by atoms with Gasteiger partial charge in [-0.05, 0) is 36.8 Å². The van der Waals surface area contributed by atoms with Gasteiger partial charge in [0, 0.05) is 5.39 Å². The number of nitrogens with one attached hydrogen (secondary N) is 1. The number of aromatic nitrogens is 1. The minimum atomic E-state index is -0.763. The van der Waals surface area contributed by atoms with Crippen LogP contribution in [-0.2, 0) is 9.53 Å². The average Bonchev–Trinajstić information content (AvgIpc) is 2.73. The molecule has 1 aromatic heterocycles. The largest absolute Gasteiger partial charge is 0.497 e. The van der Waals surface area contributed by atoms with Crippen molar-refractivity contribution < 1.29 is 19.0 Å². The number of nitrogens with two attached hydrogens (primary N) is 1. The third-order valence-corrected chi connectivity index (χ3v) is 4.89. The predicted octanol–water partition coefficient (Wildman–Crippen LogP) is 2.79. The zero-order valence-corrected chi connectivity index (χ0v) is 16.0. The molecule has 7 heteroatoms. The summed E-state index contributed by atoms with van der Waals surface area (Å²) in [7, 11) is 1.55. The van der Waals surface area contributed by atoms with E-state index in [-0.39, 0.29) is 23.6 Å². The molecule has 0 amide bonds. The van der Waals surface area contributed by atoms with Gasteiger partial charge in [0.2, 0.25) is 5.88 Å². The van der Waals surface area contributed by atoms with Crippen molar-refractivity contribution in [3.05, 3.63) is 81.5 Å². The van der Waals surface area contributed by atoms with Crippen molar-refractivity contribution >= 4 is 16.9 Å². The maximum atomic E-state index is 13.1. The van der Waals surface area contributed by atoms with Crippen LogP contribution < -0.4 is 20.8 Å². The summed E-state index contributed by atoms with van der Waals surface area (Å²) in [5.41, 5.74) is 7.49. The zero-order chi connectivity index (χ0) is 20.5. The molecular formula is C22H20N2O5. The van der Waals surface area contributed by atoms with Crippen molar-refractivity contribution in [3.63, 3.8) is 0 Å². The van der Waals surface area contributed by atoms with E-state index in [4.69, 9.17) is 19.9 Å². The fraction of sp³-hybridized carbons (Fsp3) is 0.182. The van der Waals surface area contributed by atoms with Crippen molar-refractivity contribution in [2.24, 2.45) is 5.73 Å². The van der Waals surface area contributed by atoms with Gasteiger partial charge < -0.3 is 24.9 Å². The summed E-state index contributed by atoms with van der Waals surface area (Å²) < 4.78 is 16.3. The van der Waals surface area contributed by atoms with Crippen molar-refractivity contribution in [2.45, 2.75) is 12.8 Å². The van der Waals surface area contributed by atoms with Crippen LogP contribution in [0.2, 0.25) is 0 Å². The number of pyridine rings is 1. The number of carbonyl (C=O) groups is 1. The van der Waals surface area contributed by atoms with Crippen LogP contribution in [-0.4, -0.2) is 24.7 Å². The van der Waals surface area contributed by atoms with Crippen LogP contribution in [0.15, 0.2) is 64.8 Å². The molecule has 2 aromatic carbocycles. The lowest BCUT2D eigenvalue weighted by Crippen LogP contribution is -2.32. The predicted molar refractivity (Wildman–Crippen MR) is 108 cm³/mol. The Balaban J connectivity index is 2.04. The number of esters is 1. The molecule has 1 unspecified atom stereocenters. The molecule has 3 N–H and O–H groups in total. The summed E-state index contributed by atoms with van der Waals surface area (Å²) in [6.07, 6.45) is 0. The molecule has 0 saturated heterocycles. The SMILES string of the molecule is CCOC(=O)C1=C(N)Oc2c(c(=O)[nH]c3ccccc23)C1c1cccc(OC)c1.